The molecule has 3 rings (SSSR count). The molecule has 1 aromatic heterocycles. The number of rotatable bonds is 5. The van der Waals surface area contributed by atoms with Crippen LogP contribution in [0.4, 0.5) is 5.82 Å². The van der Waals surface area contributed by atoms with Gasteiger partial charge in [-0.25, -0.2) is 13.4 Å². The molecule has 30 heavy (non-hydrogen) atoms. The van der Waals surface area contributed by atoms with Gasteiger partial charge in [0.05, 0.1) is 16.3 Å². The Morgan fingerprint density at radius 3 is 2.57 bits per heavy atom. The number of anilines is 1. The van der Waals surface area contributed by atoms with Crippen molar-refractivity contribution in [3.05, 3.63) is 57.7 Å². The molecule has 1 aliphatic heterocycles. The van der Waals surface area contributed by atoms with Gasteiger partial charge in [0.15, 0.2) is 11.9 Å². The fourth-order valence-corrected chi connectivity index (χ4v) is 4.50. The van der Waals surface area contributed by atoms with Crippen molar-refractivity contribution in [2.75, 3.05) is 11.6 Å². The highest BCUT2D eigenvalue weighted by molar-refractivity contribution is 7.88. The van der Waals surface area contributed by atoms with E-state index in [1.807, 2.05) is 18.2 Å². The topological polar surface area (TPSA) is 106 Å². The highest BCUT2D eigenvalue weighted by Gasteiger charge is 2.39. The van der Waals surface area contributed by atoms with Gasteiger partial charge < -0.3 is 10.1 Å². The molecule has 0 fully saturated rings. The van der Waals surface area contributed by atoms with Crippen molar-refractivity contribution in [3.63, 3.8) is 0 Å². The van der Waals surface area contributed by atoms with E-state index in [0.717, 1.165) is 21.7 Å². The van der Waals surface area contributed by atoms with Gasteiger partial charge in [-0.3, -0.25) is 9.59 Å². The van der Waals surface area contributed by atoms with Crippen LogP contribution in [0.5, 0.6) is 0 Å². The summed E-state index contributed by atoms with van der Waals surface area (Å²) in [5.74, 6) is -1.41. The third-order valence-corrected chi connectivity index (χ3v) is 6.35. The molecular formula is C19H19Cl2N3O5S. The molecule has 11 heteroatoms. The Morgan fingerprint density at radius 2 is 1.93 bits per heavy atom. The molecule has 2 unspecified atom stereocenters. The monoisotopic (exact) mass is 471 g/mol. The number of carbonyl (C=O) groups is 2. The average molecular weight is 472 g/mol. The van der Waals surface area contributed by atoms with E-state index in [0.29, 0.717) is 5.02 Å². The number of pyridine rings is 1. The van der Waals surface area contributed by atoms with Crippen molar-refractivity contribution in [2.24, 2.45) is 0 Å². The number of amides is 1. The molecule has 1 aliphatic rings. The molecule has 160 valence electrons. The van der Waals surface area contributed by atoms with Gasteiger partial charge in [-0.15, -0.1) is 0 Å². The molecular weight excluding hydrogens is 453 g/mol. The zero-order valence-electron chi connectivity index (χ0n) is 16.1. The lowest BCUT2D eigenvalue weighted by Gasteiger charge is -2.33. The minimum atomic E-state index is -3.69. The minimum absolute atomic E-state index is 0.0552. The molecule has 0 bridgehead atoms. The first-order chi connectivity index (χ1) is 14.1. The number of sulfonamides is 1. The van der Waals surface area contributed by atoms with E-state index in [1.54, 1.807) is 6.07 Å². The molecule has 2 heterocycles. The van der Waals surface area contributed by atoms with Crippen LogP contribution in [0.1, 0.15) is 18.1 Å². The molecule has 0 saturated heterocycles. The summed E-state index contributed by atoms with van der Waals surface area (Å²) in [6.45, 7) is 1.43. The van der Waals surface area contributed by atoms with Gasteiger partial charge in [-0.05, 0) is 24.1 Å². The van der Waals surface area contributed by atoms with E-state index in [-0.39, 0.29) is 23.8 Å². The van der Waals surface area contributed by atoms with E-state index in [4.69, 9.17) is 27.9 Å². The summed E-state index contributed by atoms with van der Waals surface area (Å²) >= 11 is 11.8. The van der Waals surface area contributed by atoms with Gasteiger partial charge >= 0.3 is 5.97 Å². The van der Waals surface area contributed by atoms with Gasteiger partial charge in [0, 0.05) is 19.2 Å². The fourth-order valence-electron chi connectivity index (χ4n) is 3.08. The Bertz CT molecular complexity index is 1090. The highest BCUT2D eigenvalue weighted by atomic mass is 35.5. The second-order valence-corrected chi connectivity index (χ2v) is 9.63. The van der Waals surface area contributed by atoms with E-state index >= 15 is 0 Å². The molecule has 2 aromatic rings. The maximum Gasteiger partial charge on any atom is 0.325 e. The number of halogens is 2. The van der Waals surface area contributed by atoms with Crippen LogP contribution in [-0.4, -0.2) is 48.0 Å². The number of ether oxygens (including phenoxy) is 1. The van der Waals surface area contributed by atoms with Crippen molar-refractivity contribution in [1.82, 2.24) is 9.29 Å². The highest BCUT2D eigenvalue weighted by Crippen LogP contribution is 2.27. The van der Waals surface area contributed by atoms with Crippen molar-refractivity contribution in [3.8, 4) is 0 Å². The summed E-state index contributed by atoms with van der Waals surface area (Å²) in [6.07, 6.45) is 1.29. The zero-order chi connectivity index (χ0) is 22.1. The molecule has 0 radical (unpaired) electrons. The third kappa shape index (κ3) is 5.10. The summed E-state index contributed by atoms with van der Waals surface area (Å²) in [5.41, 5.74) is 1.68. The lowest BCUT2D eigenvalue weighted by Crippen LogP contribution is -2.50. The number of nitrogens with one attached hydrogen (secondary N) is 1. The van der Waals surface area contributed by atoms with Crippen molar-refractivity contribution in [2.45, 2.75) is 32.0 Å². The van der Waals surface area contributed by atoms with Crippen LogP contribution in [0.25, 0.3) is 0 Å². The second-order valence-electron chi connectivity index (χ2n) is 6.85. The molecule has 0 saturated carbocycles. The van der Waals surface area contributed by atoms with Crippen molar-refractivity contribution in [1.29, 1.82) is 0 Å². The number of nitrogens with zero attached hydrogens (tertiary/aromatic N) is 2. The lowest BCUT2D eigenvalue weighted by molar-refractivity contribution is -0.157. The molecule has 0 aliphatic carbocycles. The first-order valence-corrected chi connectivity index (χ1v) is 11.5. The number of hydrogen-bond donors (Lipinski definition) is 1. The summed E-state index contributed by atoms with van der Waals surface area (Å²) in [5, 5.41) is 2.88. The minimum Gasteiger partial charge on any atom is -0.451 e. The van der Waals surface area contributed by atoms with Gasteiger partial charge in [-0.2, -0.15) is 4.31 Å². The first kappa shape index (κ1) is 22.5. The van der Waals surface area contributed by atoms with Crippen LogP contribution in [0, 0.1) is 0 Å². The SMILES string of the molecule is CC(OC(=O)C1Cc2ccccc2CN1S(C)(=O)=O)C(=O)Nc1ncc(Cl)cc1Cl. The Morgan fingerprint density at radius 1 is 1.27 bits per heavy atom. The fraction of sp³-hybridized carbons (Fsp3) is 0.316. The molecule has 1 aromatic carbocycles. The quantitative estimate of drug-likeness (QED) is 0.671. The second kappa shape index (κ2) is 8.89. The largest absolute Gasteiger partial charge is 0.451 e. The van der Waals surface area contributed by atoms with Gasteiger partial charge in [0.1, 0.15) is 6.04 Å². The van der Waals surface area contributed by atoms with Crippen LogP contribution in [0.3, 0.4) is 0 Å². The smallest absolute Gasteiger partial charge is 0.325 e. The van der Waals surface area contributed by atoms with Gasteiger partial charge in [0.2, 0.25) is 10.0 Å². The van der Waals surface area contributed by atoms with E-state index in [1.165, 1.54) is 19.2 Å². The normalized spacial score (nSPS) is 17.7. The molecule has 1 N–H and O–H groups in total. The number of fused-ring (bicyclic) bond motifs is 1. The van der Waals surface area contributed by atoms with Crippen molar-refractivity contribution < 1.29 is 22.7 Å². The van der Waals surface area contributed by atoms with E-state index < -0.39 is 34.0 Å². The van der Waals surface area contributed by atoms with Crippen LogP contribution < -0.4 is 5.32 Å². The van der Waals surface area contributed by atoms with E-state index in [2.05, 4.69) is 10.3 Å². The Hall–Kier alpha value is -2.20. The van der Waals surface area contributed by atoms with E-state index in [9.17, 15) is 18.0 Å². The number of aromatic nitrogens is 1. The lowest BCUT2D eigenvalue weighted by atomic mass is 9.96. The van der Waals surface area contributed by atoms with Crippen LogP contribution in [-0.2, 0) is 37.3 Å². The predicted octanol–water partition coefficient (Wildman–Crippen LogP) is 2.65. The molecule has 0 spiro atoms. The number of esters is 1. The molecule has 1 amide bonds. The Kier molecular flexibility index (Phi) is 6.66. The standard InChI is InChI=1S/C19H19Cl2N3O5S/c1-11(18(25)23-17-15(21)8-14(20)9-22-17)29-19(26)16-7-12-5-3-4-6-13(12)10-24(16)30(2,27)28/h3-6,8-9,11,16H,7,10H2,1-2H3,(H,22,23,25). The summed E-state index contributed by atoms with van der Waals surface area (Å²) in [6, 6.07) is 7.61. The zero-order valence-corrected chi connectivity index (χ0v) is 18.5. The van der Waals surface area contributed by atoms with Crippen molar-refractivity contribution >= 4 is 50.9 Å². The number of benzene rings is 1. The Labute approximate surface area is 184 Å². The molecule has 8 nitrogen and oxygen atoms in total. The predicted molar refractivity (Wildman–Crippen MR) is 113 cm³/mol. The molecule has 2 atom stereocenters. The third-order valence-electron chi connectivity index (χ3n) is 4.62. The summed E-state index contributed by atoms with van der Waals surface area (Å²) in [4.78, 5) is 29.1. The van der Waals surface area contributed by atoms with Gasteiger partial charge in [-0.1, -0.05) is 47.5 Å². The first-order valence-electron chi connectivity index (χ1n) is 8.92. The maximum atomic E-state index is 12.8. The summed E-state index contributed by atoms with van der Waals surface area (Å²) in [7, 11) is -3.69. The van der Waals surface area contributed by atoms with Crippen LogP contribution >= 0.6 is 23.2 Å². The Balaban J connectivity index is 1.73. The van der Waals surface area contributed by atoms with Crippen LogP contribution in [0.2, 0.25) is 10.0 Å². The average Bonchev–Trinajstić information content (AvgIpc) is 2.68. The van der Waals surface area contributed by atoms with Gasteiger partial charge in [0.25, 0.3) is 5.91 Å². The van der Waals surface area contributed by atoms with Crippen LogP contribution in [0.15, 0.2) is 36.5 Å². The summed E-state index contributed by atoms with van der Waals surface area (Å²) < 4.78 is 30.8. The number of hydrogen-bond acceptors (Lipinski definition) is 6. The maximum absolute atomic E-state index is 12.8. The number of carbonyl (C=O) groups excluding carboxylic acids is 2.